The molecule has 10 heteroatoms. The zero-order valence-electron chi connectivity index (χ0n) is 23.8. The molecule has 3 saturated heterocycles. The first-order chi connectivity index (χ1) is 18.1. The molecule has 1 aromatic carbocycles. The highest BCUT2D eigenvalue weighted by Crippen LogP contribution is 2.36. The number of hydrogen-bond donors (Lipinski definition) is 0. The van der Waals surface area contributed by atoms with Crippen LogP contribution in [0, 0.1) is 13.8 Å². The molecular formula is C28H46N4O5S. The Morgan fingerprint density at radius 3 is 2.16 bits per heavy atom. The maximum absolute atomic E-state index is 13.5. The molecule has 3 aliphatic rings. The molecule has 0 N–H and O–H groups in total. The number of hydrogen-bond acceptors (Lipinski definition) is 7. The predicted octanol–water partition coefficient (Wildman–Crippen LogP) is 2.50. The van der Waals surface area contributed by atoms with Gasteiger partial charge in [0.1, 0.15) is 12.4 Å². The number of piperidine rings is 1. The van der Waals surface area contributed by atoms with Gasteiger partial charge in [-0.3, -0.25) is 9.69 Å². The quantitative estimate of drug-likeness (QED) is 0.392. The highest BCUT2D eigenvalue weighted by atomic mass is 32.2. The molecule has 1 amide bonds. The van der Waals surface area contributed by atoms with Gasteiger partial charge in [0.2, 0.25) is 15.9 Å². The van der Waals surface area contributed by atoms with Gasteiger partial charge in [-0.05, 0) is 76.3 Å². The van der Waals surface area contributed by atoms with Crippen molar-refractivity contribution in [1.82, 2.24) is 19.0 Å². The Labute approximate surface area is 229 Å². The molecule has 3 aliphatic heterocycles. The van der Waals surface area contributed by atoms with E-state index in [9.17, 15) is 13.2 Å². The average Bonchev–Trinajstić information content (AvgIpc) is 3.09. The van der Waals surface area contributed by atoms with Crippen molar-refractivity contribution in [3.05, 3.63) is 23.3 Å². The predicted molar refractivity (Wildman–Crippen MR) is 148 cm³/mol. The summed E-state index contributed by atoms with van der Waals surface area (Å²) in [6.07, 6.45) is 5.83. The summed E-state index contributed by atoms with van der Waals surface area (Å²) in [5.74, 6) is 0.627. The van der Waals surface area contributed by atoms with E-state index in [0.717, 1.165) is 38.3 Å². The number of fused-ring (bicyclic) bond motifs is 2. The van der Waals surface area contributed by atoms with Crippen molar-refractivity contribution in [1.29, 1.82) is 0 Å². The Hall–Kier alpha value is -1.72. The van der Waals surface area contributed by atoms with Crippen LogP contribution in [-0.4, -0.2) is 118 Å². The van der Waals surface area contributed by atoms with E-state index >= 15 is 0 Å². The van der Waals surface area contributed by atoms with Gasteiger partial charge in [0.15, 0.2) is 0 Å². The SMILES string of the molecule is CCCN(CCOCC(=O)N1CCN(C2CC3CCC(C2)N3C)CC1)S(=O)(=O)c1c(C)cc(OC)cc1C. The van der Waals surface area contributed by atoms with Gasteiger partial charge < -0.3 is 19.3 Å². The number of rotatable bonds is 11. The summed E-state index contributed by atoms with van der Waals surface area (Å²) in [4.78, 5) is 20.2. The first-order valence-electron chi connectivity index (χ1n) is 14.1. The highest BCUT2D eigenvalue weighted by Gasteiger charge is 2.41. The van der Waals surface area contributed by atoms with E-state index < -0.39 is 10.0 Å². The summed E-state index contributed by atoms with van der Waals surface area (Å²) in [6.45, 7) is 9.60. The largest absolute Gasteiger partial charge is 0.497 e. The van der Waals surface area contributed by atoms with Crippen molar-refractivity contribution < 1.29 is 22.7 Å². The summed E-state index contributed by atoms with van der Waals surface area (Å²) >= 11 is 0. The van der Waals surface area contributed by atoms with Gasteiger partial charge in [-0.1, -0.05) is 6.92 Å². The van der Waals surface area contributed by atoms with Gasteiger partial charge in [0, 0.05) is 57.4 Å². The van der Waals surface area contributed by atoms with Crippen LogP contribution in [-0.2, 0) is 19.6 Å². The van der Waals surface area contributed by atoms with Crippen LogP contribution in [0.2, 0.25) is 0 Å². The standard InChI is InChI=1S/C28H46N4O5S/c1-6-9-32(38(34,35)28-21(2)16-26(36-5)17-22(28)3)14-15-37-20-27(33)31-12-10-30(11-13-31)25-18-23-7-8-24(19-25)29(23)4/h16-17,23-25H,6-15,18-20H2,1-5H3. The zero-order chi connectivity index (χ0) is 27.4. The van der Waals surface area contributed by atoms with Crippen LogP contribution >= 0.6 is 0 Å². The number of amides is 1. The summed E-state index contributed by atoms with van der Waals surface area (Å²) in [7, 11) is 0.143. The smallest absolute Gasteiger partial charge is 0.248 e. The van der Waals surface area contributed by atoms with Crippen molar-refractivity contribution in [2.75, 3.05) is 66.6 Å². The molecule has 2 atom stereocenters. The number of nitrogens with zero attached hydrogens (tertiary/aromatic N) is 4. The molecule has 0 spiro atoms. The first kappa shape index (κ1) is 29.3. The zero-order valence-corrected chi connectivity index (χ0v) is 24.6. The molecule has 0 radical (unpaired) electrons. The van der Waals surface area contributed by atoms with E-state index in [0.29, 0.717) is 40.8 Å². The van der Waals surface area contributed by atoms with E-state index in [1.54, 1.807) is 33.1 Å². The van der Waals surface area contributed by atoms with Crippen molar-refractivity contribution >= 4 is 15.9 Å². The third kappa shape index (κ3) is 6.36. The van der Waals surface area contributed by atoms with Gasteiger partial charge in [-0.25, -0.2) is 8.42 Å². The Kier molecular flexibility index (Phi) is 9.73. The number of piperazine rings is 1. The second-order valence-electron chi connectivity index (χ2n) is 11.1. The molecule has 214 valence electrons. The maximum Gasteiger partial charge on any atom is 0.248 e. The summed E-state index contributed by atoms with van der Waals surface area (Å²) in [5.41, 5.74) is 1.32. The fourth-order valence-electron chi connectivity index (χ4n) is 6.60. The third-order valence-electron chi connectivity index (χ3n) is 8.71. The minimum atomic E-state index is -3.70. The molecule has 0 saturated carbocycles. The maximum atomic E-state index is 13.5. The minimum Gasteiger partial charge on any atom is -0.497 e. The first-order valence-corrected chi connectivity index (χ1v) is 15.6. The molecular weight excluding hydrogens is 504 g/mol. The van der Waals surface area contributed by atoms with Crippen molar-refractivity contribution in [3.63, 3.8) is 0 Å². The summed E-state index contributed by atoms with van der Waals surface area (Å²) < 4.78 is 39.5. The molecule has 4 rings (SSSR count). The number of sulfonamides is 1. The second kappa shape index (κ2) is 12.6. The normalized spacial score (nSPS) is 24.8. The number of carbonyl (C=O) groups is 1. The van der Waals surface area contributed by atoms with Crippen LogP contribution in [0.25, 0.3) is 0 Å². The Bertz CT molecular complexity index is 1040. The fourth-order valence-corrected chi connectivity index (χ4v) is 8.53. The second-order valence-corrected chi connectivity index (χ2v) is 13.0. The fraction of sp³-hybridized carbons (Fsp3) is 0.750. The molecule has 0 aliphatic carbocycles. The van der Waals surface area contributed by atoms with Gasteiger partial charge in [0.05, 0.1) is 18.6 Å². The molecule has 2 unspecified atom stereocenters. The summed E-state index contributed by atoms with van der Waals surface area (Å²) in [6, 6.07) is 5.58. The topological polar surface area (TPSA) is 82.6 Å². The molecule has 1 aromatic rings. The van der Waals surface area contributed by atoms with Crippen molar-refractivity contribution in [3.8, 4) is 5.75 Å². The number of carbonyl (C=O) groups excluding carboxylic acids is 1. The lowest BCUT2D eigenvalue weighted by Gasteiger charge is -2.45. The Balaban J connectivity index is 1.24. The number of methoxy groups -OCH3 is 1. The van der Waals surface area contributed by atoms with Crippen LogP contribution in [0.4, 0.5) is 0 Å². The average molecular weight is 551 g/mol. The third-order valence-corrected chi connectivity index (χ3v) is 10.9. The number of aryl methyl sites for hydroxylation is 2. The van der Waals surface area contributed by atoms with Gasteiger partial charge in [0.25, 0.3) is 0 Å². The van der Waals surface area contributed by atoms with Gasteiger partial charge in [-0.2, -0.15) is 4.31 Å². The monoisotopic (exact) mass is 550 g/mol. The molecule has 3 heterocycles. The Morgan fingerprint density at radius 1 is 1.00 bits per heavy atom. The lowest BCUT2D eigenvalue weighted by Crippen LogP contribution is -2.56. The lowest BCUT2D eigenvalue weighted by atomic mass is 9.96. The van der Waals surface area contributed by atoms with E-state index in [2.05, 4.69) is 16.8 Å². The molecule has 9 nitrogen and oxygen atoms in total. The van der Waals surface area contributed by atoms with E-state index in [-0.39, 0.29) is 25.7 Å². The van der Waals surface area contributed by atoms with E-state index in [4.69, 9.17) is 9.47 Å². The van der Waals surface area contributed by atoms with Crippen molar-refractivity contribution in [2.45, 2.75) is 75.9 Å². The molecule has 38 heavy (non-hydrogen) atoms. The van der Waals surface area contributed by atoms with Crippen LogP contribution in [0.5, 0.6) is 5.75 Å². The van der Waals surface area contributed by atoms with E-state index in [1.165, 1.54) is 30.0 Å². The van der Waals surface area contributed by atoms with Crippen molar-refractivity contribution in [2.24, 2.45) is 0 Å². The van der Waals surface area contributed by atoms with Crippen LogP contribution in [0.3, 0.4) is 0 Å². The van der Waals surface area contributed by atoms with Crippen LogP contribution in [0.15, 0.2) is 17.0 Å². The van der Waals surface area contributed by atoms with Gasteiger partial charge in [-0.15, -0.1) is 0 Å². The van der Waals surface area contributed by atoms with Crippen LogP contribution in [0.1, 0.15) is 50.2 Å². The molecule has 3 fully saturated rings. The lowest BCUT2D eigenvalue weighted by molar-refractivity contribution is -0.138. The number of ether oxygens (including phenoxy) is 2. The van der Waals surface area contributed by atoms with Gasteiger partial charge >= 0.3 is 0 Å². The summed E-state index contributed by atoms with van der Waals surface area (Å²) in [5, 5.41) is 0. The van der Waals surface area contributed by atoms with Crippen LogP contribution < -0.4 is 4.74 Å². The minimum absolute atomic E-state index is 0.0140. The highest BCUT2D eigenvalue weighted by molar-refractivity contribution is 7.89. The number of benzene rings is 1. The molecule has 2 bridgehead atoms. The Morgan fingerprint density at radius 2 is 1.61 bits per heavy atom. The molecule has 0 aromatic heterocycles. The van der Waals surface area contributed by atoms with E-state index in [1.807, 2.05) is 11.8 Å².